The molecule has 0 saturated carbocycles. The number of hydrogen-bond acceptors (Lipinski definition) is 10. The molecule has 1 aliphatic rings. The van der Waals surface area contributed by atoms with E-state index in [-0.39, 0.29) is 6.29 Å². The highest BCUT2D eigenvalue weighted by Crippen LogP contribution is 2.24. The van der Waals surface area contributed by atoms with Crippen molar-refractivity contribution in [2.75, 3.05) is 13.2 Å². The van der Waals surface area contributed by atoms with Gasteiger partial charge in [0.15, 0.2) is 12.6 Å². The second-order valence-electron chi connectivity index (χ2n) is 4.67. The van der Waals surface area contributed by atoms with Gasteiger partial charge < -0.3 is 50.0 Å². The summed E-state index contributed by atoms with van der Waals surface area (Å²) in [6, 6.07) is 0. The fraction of sp³-hybridized carbons (Fsp3) is 0.909. The highest BCUT2D eigenvalue weighted by Gasteiger charge is 2.46. The van der Waals surface area contributed by atoms with Crippen molar-refractivity contribution in [1.29, 1.82) is 0 Å². The lowest BCUT2D eigenvalue weighted by molar-refractivity contribution is -0.322. The summed E-state index contributed by atoms with van der Waals surface area (Å²) in [7, 11) is 0. The Labute approximate surface area is 119 Å². The minimum Gasteiger partial charge on any atom is -0.394 e. The van der Waals surface area contributed by atoms with Crippen LogP contribution in [0, 0.1) is 0 Å². The van der Waals surface area contributed by atoms with Crippen molar-refractivity contribution in [3.8, 4) is 0 Å². The Morgan fingerprint density at radius 1 is 1.10 bits per heavy atom. The second-order valence-corrected chi connectivity index (χ2v) is 4.67. The predicted octanol–water partition coefficient (Wildman–Crippen LogP) is -4.92. The average molecular weight is 312 g/mol. The first-order valence-electron chi connectivity index (χ1n) is 6.25. The van der Waals surface area contributed by atoms with E-state index in [4.69, 9.17) is 19.7 Å². The van der Waals surface area contributed by atoms with Crippen molar-refractivity contribution in [3.05, 3.63) is 0 Å². The van der Waals surface area contributed by atoms with Crippen LogP contribution in [0.3, 0.4) is 0 Å². The van der Waals surface area contributed by atoms with E-state index < -0.39 is 62.2 Å². The maximum absolute atomic E-state index is 10.6. The lowest BCUT2D eigenvalue weighted by atomic mass is 9.99. The standard InChI is InChI=1S/C11H20O10/c12-1-4(15)10(5(16)2-13)21-11-9(19)8(18)7(17)6(3-14)20-11/h1,4-11,13-19H,2-3H2/t4-,5+,6+,7-,8-,9+,10+,11-/m0/s1. The third-order valence-electron chi connectivity index (χ3n) is 3.18. The molecular weight excluding hydrogens is 292 g/mol. The van der Waals surface area contributed by atoms with Crippen LogP contribution in [-0.4, -0.2) is 104 Å². The van der Waals surface area contributed by atoms with Crippen LogP contribution in [0.4, 0.5) is 0 Å². The van der Waals surface area contributed by atoms with Crippen LogP contribution in [0.25, 0.3) is 0 Å². The summed E-state index contributed by atoms with van der Waals surface area (Å²) in [5, 5.41) is 65.6. The lowest BCUT2D eigenvalue weighted by Crippen LogP contribution is -2.61. The smallest absolute Gasteiger partial charge is 0.187 e. The first kappa shape index (κ1) is 18.4. The first-order valence-corrected chi connectivity index (χ1v) is 6.25. The minimum absolute atomic E-state index is 0.0492. The molecule has 124 valence electrons. The van der Waals surface area contributed by atoms with E-state index in [2.05, 4.69) is 0 Å². The first-order chi connectivity index (χ1) is 9.87. The molecule has 0 unspecified atom stereocenters. The summed E-state index contributed by atoms with van der Waals surface area (Å²) in [4.78, 5) is 10.6. The molecule has 0 aromatic heterocycles. The van der Waals surface area contributed by atoms with Gasteiger partial charge in [0.25, 0.3) is 0 Å². The fourth-order valence-electron chi connectivity index (χ4n) is 1.91. The summed E-state index contributed by atoms with van der Waals surface area (Å²) < 4.78 is 10.0. The molecule has 1 rings (SSSR count). The van der Waals surface area contributed by atoms with Gasteiger partial charge in [0.1, 0.15) is 42.7 Å². The van der Waals surface area contributed by atoms with Crippen molar-refractivity contribution >= 4 is 6.29 Å². The van der Waals surface area contributed by atoms with E-state index in [1.165, 1.54) is 0 Å². The number of aliphatic hydroxyl groups excluding tert-OH is 7. The molecule has 10 nitrogen and oxygen atoms in total. The van der Waals surface area contributed by atoms with Crippen molar-refractivity contribution in [3.63, 3.8) is 0 Å². The third-order valence-corrected chi connectivity index (χ3v) is 3.18. The molecule has 0 spiro atoms. The zero-order valence-electron chi connectivity index (χ0n) is 11.0. The number of rotatable bonds is 7. The summed E-state index contributed by atoms with van der Waals surface area (Å²) in [6.07, 6.45) is -13.0. The second kappa shape index (κ2) is 8.08. The molecule has 1 fully saturated rings. The summed E-state index contributed by atoms with van der Waals surface area (Å²) in [6.45, 7) is -1.53. The van der Waals surface area contributed by atoms with Gasteiger partial charge in [0, 0.05) is 0 Å². The summed E-state index contributed by atoms with van der Waals surface area (Å²) in [5.74, 6) is 0. The quantitative estimate of drug-likeness (QED) is 0.225. The average Bonchev–Trinajstić information content (AvgIpc) is 2.50. The van der Waals surface area contributed by atoms with Crippen LogP contribution >= 0.6 is 0 Å². The minimum atomic E-state index is -1.82. The van der Waals surface area contributed by atoms with Gasteiger partial charge in [-0.15, -0.1) is 0 Å². The van der Waals surface area contributed by atoms with Gasteiger partial charge in [-0.1, -0.05) is 0 Å². The van der Waals surface area contributed by atoms with Gasteiger partial charge >= 0.3 is 0 Å². The number of hydrogen-bond donors (Lipinski definition) is 7. The van der Waals surface area contributed by atoms with E-state index in [0.29, 0.717) is 0 Å². The van der Waals surface area contributed by atoms with E-state index in [0.717, 1.165) is 0 Å². The van der Waals surface area contributed by atoms with Crippen LogP contribution in [0.15, 0.2) is 0 Å². The third kappa shape index (κ3) is 4.16. The molecule has 1 heterocycles. The Hall–Kier alpha value is -0.690. The molecule has 1 aliphatic heterocycles. The normalized spacial score (nSPS) is 37.8. The highest BCUT2D eigenvalue weighted by atomic mass is 16.7. The number of carbonyl (C=O) groups is 1. The topological polar surface area (TPSA) is 177 Å². The lowest BCUT2D eigenvalue weighted by Gasteiger charge is -2.41. The number of ether oxygens (including phenoxy) is 2. The monoisotopic (exact) mass is 312 g/mol. The van der Waals surface area contributed by atoms with Crippen LogP contribution in [0.1, 0.15) is 0 Å². The highest BCUT2D eigenvalue weighted by molar-refractivity contribution is 5.56. The molecule has 0 radical (unpaired) electrons. The number of aldehydes is 1. The van der Waals surface area contributed by atoms with Crippen LogP contribution in [-0.2, 0) is 14.3 Å². The molecule has 7 N–H and O–H groups in total. The Bertz CT molecular complexity index is 324. The molecule has 0 aromatic rings. The van der Waals surface area contributed by atoms with E-state index in [1.54, 1.807) is 0 Å². The van der Waals surface area contributed by atoms with Crippen molar-refractivity contribution in [2.45, 2.75) is 49.0 Å². The van der Waals surface area contributed by atoms with Crippen molar-refractivity contribution in [2.24, 2.45) is 0 Å². The zero-order valence-corrected chi connectivity index (χ0v) is 11.0. The molecule has 10 heteroatoms. The maximum atomic E-state index is 10.6. The van der Waals surface area contributed by atoms with Crippen LogP contribution in [0.2, 0.25) is 0 Å². The number of carbonyl (C=O) groups excluding carboxylic acids is 1. The Kier molecular flexibility index (Phi) is 7.06. The molecule has 0 bridgehead atoms. The summed E-state index contributed by atoms with van der Waals surface area (Å²) >= 11 is 0. The van der Waals surface area contributed by atoms with Gasteiger partial charge in [0.05, 0.1) is 13.2 Å². The SMILES string of the molecule is O=C[C@H](O)[C@@H](O[C@@H]1O[C@H](CO)[C@H](O)[C@H](O)[C@H]1O)[C@H](O)CO. The molecule has 0 aromatic carbocycles. The predicted molar refractivity (Wildman–Crippen MR) is 63.8 cm³/mol. The van der Waals surface area contributed by atoms with Gasteiger partial charge in [-0.25, -0.2) is 0 Å². The number of aliphatic hydroxyl groups is 7. The fourth-order valence-corrected chi connectivity index (χ4v) is 1.91. The van der Waals surface area contributed by atoms with E-state index in [9.17, 15) is 30.3 Å². The van der Waals surface area contributed by atoms with Crippen LogP contribution in [0.5, 0.6) is 0 Å². The van der Waals surface area contributed by atoms with Crippen molar-refractivity contribution in [1.82, 2.24) is 0 Å². The molecule has 0 aliphatic carbocycles. The largest absolute Gasteiger partial charge is 0.394 e. The Balaban J connectivity index is 2.83. The van der Waals surface area contributed by atoms with Gasteiger partial charge in [-0.05, 0) is 0 Å². The van der Waals surface area contributed by atoms with E-state index in [1.807, 2.05) is 0 Å². The maximum Gasteiger partial charge on any atom is 0.187 e. The molecule has 1 saturated heterocycles. The van der Waals surface area contributed by atoms with E-state index >= 15 is 0 Å². The zero-order chi connectivity index (χ0) is 16.2. The van der Waals surface area contributed by atoms with Gasteiger partial charge in [-0.2, -0.15) is 0 Å². The van der Waals surface area contributed by atoms with Crippen LogP contribution < -0.4 is 0 Å². The van der Waals surface area contributed by atoms with Gasteiger partial charge in [-0.3, -0.25) is 0 Å². The molecule has 8 atom stereocenters. The Morgan fingerprint density at radius 3 is 2.19 bits per heavy atom. The Morgan fingerprint density at radius 2 is 1.71 bits per heavy atom. The van der Waals surface area contributed by atoms with Gasteiger partial charge in [0.2, 0.25) is 0 Å². The molecule has 0 amide bonds. The molecule has 21 heavy (non-hydrogen) atoms. The molecular formula is C11H20O10. The summed E-state index contributed by atoms with van der Waals surface area (Å²) in [5.41, 5.74) is 0. The van der Waals surface area contributed by atoms with Crippen molar-refractivity contribution < 1.29 is 50.0 Å².